The lowest BCUT2D eigenvalue weighted by Crippen LogP contribution is -2.32. The molecule has 0 aliphatic heterocycles. The van der Waals surface area contributed by atoms with Crippen LogP contribution < -0.4 is 10.6 Å². The van der Waals surface area contributed by atoms with E-state index in [0.29, 0.717) is 17.1 Å². The van der Waals surface area contributed by atoms with Crippen molar-refractivity contribution in [1.82, 2.24) is 10.6 Å². The monoisotopic (exact) mass is 336 g/mol. The number of hydrogen-bond acceptors (Lipinski definition) is 3. The maximum absolute atomic E-state index is 12.1. The van der Waals surface area contributed by atoms with Crippen LogP contribution in [0.25, 0.3) is 0 Å². The van der Waals surface area contributed by atoms with E-state index in [1.807, 2.05) is 12.1 Å². The third-order valence-electron chi connectivity index (χ3n) is 2.50. The molecule has 0 aromatic heterocycles. The Kier molecular flexibility index (Phi) is 11.0. The second-order valence-corrected chi connectivity index (χ2v) is 5.82. The molecular formula is C14H22Cl2N2OS. The number of rotatable bonds is 8. The fourth-order valence-corrected chi connectivity index (χ4v) is 2.58. The molecule has 20 heavy (non-hydrogen) atoms. The Morgan fingerprint density at radius 2 is 2.00 bits per heavy atom. The molecule has 6 heteroatoms. The van der Waals surface area contributed by atoms with Crippen LogP contribution in [0.1, 0.15) is 30.6 Å². The minimum Gasteiger partial charge on any atom is -0.351 e. The Hall–Kier alpha value is -0.420. The quantitative estimate of drug-likeness (QED) is 0.562. The Morgan fingerprint density at radius 3 is 2.65 bits per heavy atom. The van der Waals surface area contributed by atoms with E-state index in [4.69, 9.17) is 11.6 Å². The van der Waals surface area contributed by atoms with Crippen molar-refractivity contribution in [3.05, 3.63) is 28.8 Å². The van der Waals surface area contributed by atoms with Crippen molar-refractivity contribution in [2.45, 2.75) is 25.2 Å². The number of amides is 1. The third-order valence-corrected chi connectivity index (χ3v) is 3.69. The number of carbonyl (C=O) groups is 1. The van der Waals surface area contributed by atoms with Gasteiger partial charge in [0.2, 0.25) is 0 Å². The lowest BCUT2D eigenvalue weighted by molar-refractivity contribution is 0.0951. The van der Waals surface area contributed by atoms with Crippen LogP contribution >= 0.6 is 35.8 Å². The minimum atomic E-state index is -0.0586. The van der Waals surface area contributed by atoms with Crippen LogP contribution in [0.15, 0.2) is 23.1 Å². The number of benzene rings is 1. The summed E-state index contributed by atoms with van der Waals surface area (Å²) in [4.78, 5) is 13.1. The second-order valence-electron chi connectivity index (χ2n) is 4.08. The summed E-state index contributed by atoms with van der Waals surface area (Å²) in [5.74, 6) is 0.872. The number of carbonyl (C=O) groups excluding carboxylic acids is 1. The predicted octanol–water partition coefficient (Wildman–Crippen LogP) is 3.60. The molecule has 1 rings (SSSR count). The number of nitrogens with one attached hydrogen (secondary N) is 2. The fraction of sp³-hybridized carbons (Fsp3) is 0.500. The van der Waals surface area contributed by atoms with Gasteiger partial charge < -0.3 is 10.6 Å². The molecule has 0 atom stereocenters. The number of thioether (sulfide) groups is 1. The van der Waals surface area contributed by atoms with Crippen LogP contribution in [0.2, 0.25) is 5.02 Å². The van der Waals surface area contributed by atoms with Crippen molar-refractivity contribution >= 4 is 41.7 Å². The first-order chi connectivity index (χ1) is 9.19. The minimum absolute atomic E-state index is 0. The molecule has 2 N–H and O–H groups in total. The molecule has 1 amide bonds. The van der Waals surface area contributed by atoms with Gasteiger partial charge in [0.25, 0.3) is 5.91 Å². The standard InChI is InChI=1S/C14H21ClN2OS.ClH/c1-3-7-16-8-9-17-14(18)12-10-11(15)5-6-13(12)19-4-2;/h5-6,10,16H,3-4,7-9H2,1-2H3,(H,17,18);1H. The average Bonchev–Trinajstić information content (AvgIpc) is 2.40. The molecule has 114 valence electrons. The molecule has 0 unspecified atom stereocenters. The Morgan fingerprint density at radius 1 is 1.25 bits per heavy atom. The number of halogens is 2. The van der Waals surface area contributed by atoms with E-state index in [2.05, 4.69) is 24.5 Å². The topological polar surface area (TPSA) is 41.1 Å². The van der Waals surface area contributed by atoms with Crippen molar-refractivity contribution < 1.29 is 4.79 Å². The van der Waals surface area contributed by atoms with Crippen molar-refractivity contribution in [2.75, 3.05) is 25.4 Å². The van der Waals surface area contributed by atoms with Crippen molar-refractivity contribution in [3.8, 4) is 0 Å². The van der Waals surface area contributed by atoms with Crippen LogP contribution in [0.4, 0.5) is 0 Å². The lowest BCUT2D eigenvalue weighted by Gasteiger charge is -2.10. The summed E-state index contributed by atoms with van der Waals surface area (Å²) in [6.07, 6.45) is 1.10. The van der Waals surface area contributed by atoms with Gasteiger partial charge in [-0.15, -0.1) is 24.2 Å². The van der Waals surface area contributed by atoms with Gasteiger partial charge in [0.1, 0.15) is 0 Å². The fourth-order valence-electron chi connectivity index (χ4n) is 1.62. The highest BCUT2D eigenvalue weighted by Gasteiger charge is 2.11. The van der Waals surface area contributed by atoms with E-state index in [1.54, 1.807) is 17.8 Å². The first kappa shape index (κ1) is 19.6. The van der Waals surface area contributed by atoms with Gasteiger partial charge in [0.05, 0.1) is 5.56 Å². The normalized spacial score (nSPS) is 9.95. The highest BCUT2D eigenvalue weighted by molar-refractivity contribution is 7.99. The van der Waals surface area contributed by atoms with E-state index in [9.17, 15) is 4.79 Å². The van der Waals surface area contributed by atoms with Crippen molar-refractivity contribution in [2.24, 2.45) is 0 Å². The van der Waals surface area contributed by atoms with Crippen LogP contribution in [0.3, 0.4) is 0 Å². The first-order valence-corrected chi connectivity index (χ1v) is 7.96. The summed E-state index contributed by atoms with van der Waals surface area (Å²) in [7, 11) is 0. The SMILES string of the molecule is CCCNCCNC(=O)c1cc(Cl)ccc1SCC.Cl. The van der Waals surface area contributed by atoms with E-state index < -0.39 is 0 Å². The smallest absolute Gasteiger partial charge is 0.252 e. The molecule has 0 heterocycles. The summed E-state index contributed by atoms with van der Waals surface area (Å²) < 4.78 is 0. The van der Waals surface area contributed by atoms with Crippen molar-refractivity contribution in [1.29, 1.82) is 0 Å². The summed E-state index contributed by atoms with van der Waals surface area (Å²) in [6.45, 7) is 6.57. The lowest BCUT2D eigenvalue weighted by atomic mass is 10.2. The van der Waals surface area contributed by atoms with E-state index >= 15 is 0 Å². The summed E-state index contributed by atoms with van der Waals surface area (Å²) in [6, 6.07) is 5.45. The van der Waals surface area contributed by atoms with Crippen LogP contribution in [0.5, 0.6) is 0 Å². The molecule has 0 saturated heterocycles. The first-order valence-electron chi connectivity index (χ1n) is 6.60. The third kappa shape index (κ3) is 6.84. The zero-order chi connectivity index (χ0) is 14.1. The summed E-state index contributed by atoms with van der Waals surface area (Å²) in [5, 5.41) is 6.75. The molecule has 1 aromatic carbocycles. The van der Waals surface area contributed by atoms with Gasteiger partial charge in [0.15, 0.2) is 0 Å². The molecule has 0 bridgehead atoms. The van der Waals surface area contributed by atoms with Gasteiger partial charge >= 0.3 is 0 Å². The Bertz CT molecular complexity index is 416. The molecule has 0 radical (unpaired) electrons. The van der Waals surface area contributed by atoms with Crippen molar-refractivity contribution in [3.63, 3.8) is 0 Å². The summed E-state index contributed by atoms with van der Waals surface area (Å²) >= 11 is 7.61. The van der Waals surface area contributed by atoms with Crippen LogP contribution in [-0.4, -0.2) is 31.3 Å². The predicted molar refractivity (Wildman–Crippen MR) is 90.6 cm³/mol. The van der Waals surface area contributed by atoms with E-state index in [1.165, 1.54) is 0 Å². The zero-order valence-electron chi connectivity index (χ0n) is 11.9. The highest BCUT2D eigenvalue weighted by atomic mass is 35.5. The summed E-state index contributed by atoms with van der Waals surface area (Å²) in [5.41, 5.74) is 0.662. The molecule has 0 aliphatic rings. The highest BCUT2D eigenvalue weighted by Crippen LogP contribution is 2.25. The van der Waals surface area contributed by atoms with E-state index in [0.717, 1.165) is 30.2 Å². The Balaban J connectivity index is 0.00000361. The zero-order valence-corrected chi connectivity index (χ0v) is 14.3. The van der Waals surface area contributed by atoms with Gasteiger partial charge in [0, 0.05) is 23.0 Å². The molecule has 0 aliphatic carbocycles. The molecule has 0 spiro atoms. The van der Waals surface area contributed by atoms with Crippen LogP contribution in [0, 0.1) is 0 Å². The second kappa shape index (κ2) is 11.3. The van der Waals surface area contributed by atoms with E-state index in [-0.39, 0.29) is 18.3 Å². The largest absolute Gasteiger partial charge is 0.351 e. The molecule has 3 nitrogen and oxygen atoms in total. The molecule has 0 saturated carbocycles. The molecular weight excluding hydrogens is 315 g/mol. The molecule has 0 fully saturated rings. The Labute approximate surface area is 136 Å². The van der Waals surface area contributed by atoms with Gasteiger partial charge in [-0.3, -0.25) is 4.79 Å². The van der Waals surface area contributed by atoms with Crippen LogP contribution in [-0.2, 0) is 0 Å². The van der Waals surface area contributed by atoms with Gasteiger partial charge in [-0.1, -0.05) is 25.4 Å². The van der Waals surface area contributed by atoms with Gasteiger partial charge in [-0.05, 0) is 36.9 Å². The average molecular weight is 337 g/mol. The molecule has 1 aromatic rings. The maximum Gasteiger partial charge on any atom is 0.252 e. The number of hydrogen-bond donors (Lipinski definition) is 2. The van der Waals surface area contributed by atoms with Gasteiger partial charge in [-0.25, -0.2) is 0 Å². The maximum atomic E-state index is 12.1. The van der Waals surface area contributed by atoms with Gasteiger partial charge in [-0.2, -0.15) is 0 Å².